The number of benzene rings is 2. The van der Waals surface area contributed by atoms with Gasteiger partial charge in [-0.1, -0.05) is 6.07 Å². The van der Waals surface area contributed by atoms with Crippen molar-refractivity contribution in [3.05, 3.63) is 64.0 Å². The van der Waals surface area contributed by atoms with E-state index in [-0.39, 0.29) is 18.5 Å². The predicted octanol–water partition coefficient (Wildman–Crippen LogP) is 2.67. The Bertz CT molecular complexity index is 929. The molecule has 0 aromatic heterocycles. The van der Waals surface area contributed by atoms with Gasteiger partial charge in [0, 0.05) is 44.3 Å². The molecule has 0 atom stereocenters. The van der Waals surface area contributed by atoms with Crippen LogP contribution in [-0.4, -0.2) is 37.0 Å². The molecule has 2 aromatic carbocycles. The third-order valence-electron chi connectivity index (χ3n) is 3.79. The summed E-state index contributed by atoms with van der Waals surface area (Å²) in [6.45, 7) is 0. The van der Waals surface area contributed by atoms with Crippen LogP contribution in [0.5, 0.6) is 0 Å². The first kappa shape index (κ1) is 21.5. The number of anilines is 2. The largest absolute Gasteiger partial charge is 0.372 e. The number of nitro groups is 1. The summed E-state index contributed by atoms with van der Waals surface area (Å²) >= 11 is 0. The topological polar surface area (TPSA) is 117 Å². The normalized spacial score (nSPS) is 10.6. The van der Waals surface area contributed by atoms with Crippen LogP contribution in [0.1, 0.15) is 18.4 Å². The Kier molecular flexibility index (Phi) is 7.35. The van der Waals surface area contributed by atoms with Crippen LogP contribution >= 0.6 is 0 Å². The number of carbonyl (C=O) groups is 2. The molecule has 2 amide bonds. The van der Waals surface area contributed by atoms with E-state index in [0.29, 0.717) is 16.9 Å². The summed E-state index contributed by atoms with van der Waals surface area (Å²) in [7, 11) is 3.39. The monoisotopic (exact) mass is 401 g/mol. The molecular formula is C19H20FN5O4. The van der Waals surface area contributed by atoms with Crippen LogP contribution in [0, 0.1) is 15.9 Å². The minimum Gasteiger partial charge on any atom is -0.372 e. The van der Waals surface area contributed by atoms with E-state index in [1.807, 2.05) is 0 Å². The van der Waals surface area contributed by atoms with E-state index in [4.69, 9.17) is 0 Å². The molecule has 0 unspecified atom stereocenters. The molecule has 0 aliphatic heterocycles. The molecule has 0 fully saturated rings. The van der Waals surface area contributed by atoms with Crippen LogP contribution in [0.4, 0.5) is 21.5 Å². The zero-order valence-corrected chi connectivity index (χ0v) is 15.9. The lowest BCUT2D eigenvalue weighted by atomic mass is 10.2. The number of nitrogens with zero attached hydrogens (tertiary/aromatic N) is 3. The van der Waals surface area contributed by atoms with Gasteiger partial charge in [-0.2, -0.15) is 5.10 Å². The average Bonchev–Trinajstić information content (AvgIpc) is 2.68. The van der Waals surface area contributed by atoms with Crippen LogP contribution in [0.25, 0.3) is 0 Å². The van der Waals surface area contributed by atoms with Gasteiger partial charge in [-0.15, -0.1) is 0 Å². The highest BCUT2D eigenvalue weighted by atomic mass is 19.1. The first-order chi connectivity index (χ1) is 13.8. The Morgan fingerprint density at radius 3 is 2.41 bits per heavy atom. The fourth-order valence-corrected chi connectivity index (χ4v) is 2.36. The summed E-state index contributed by atoms with van der Waals surface area (Å²) in [5.41, 5.74) is 3.50. The van der Waals surface area contributed by atoms with Crippen molar-refractivity contribution in [3.63, 3.8) is 0 Å². The zero-order valence-electron chi connectivity index (χ0n) is 15.9. The SMILES string of the molecule is CN(C)c1ccc(C=NNC(=O)CCC(=O)Nc2ccc(F)cc2)cc1[N+](=O)[O-]. The Labute approximate surface area is 166 Å². The number of carbonyl (C=O) groups excluding carboxylic acids is 2. The van der Waals surface area contributed by atoms with Gasteiger partial charge < -0.3 is 10.2 Å². The highest BCUT2D eigenvalue weighted by molar-refractivity contribution is 5.93. The van der Waals surface area contributed by atoms with Gasteiger partial charge in [0.1, 0.15) is 11.5 Å². The van der Waals surface area contributed by atoms with Gasteiger partial charge in [0.05, 0.1) is 11.1 Å². The smallest absolute Gasteiger partial charge is 0.293 e. The molecule has 2 rings (SSSR count). The number of rotatable bonds is 8. The van der Waals surface area contributed by atoms with Crippen LogP contribution in [0.3, 0.4) is 0 Å². The van der Waals surface area contributed by atoms with Crippen LogP contribution < -0.4 is 15.6 Å². The third kappa shape index (κ3) is 6.69. The second kappa shape index (κ2) is 9.93. The number of nitro benzene ring substituents is 1. The van der Waals surface area contributed by atoms with Gasteiger partial charge in [-0.3, -0.25) is 19.7 Å². The second-order valence-electron chi connectivity index (χ2n) is 6.25. The highest BCUT2D eigenvalue weighted by Gasteiger charge is 2.15. The average molecular weight is 401 g/mol. The maximum Gasteiger partial charge on any atom is 0.293 e. The molecule has 0 aliphatic rings. The quantitative estimate of drug-likeness (QED) is 0.401. The van der Waals surface area contributed by atoms with Crippen molar-refractivity contribution >= 4 is 35.1 Å². The second-order valence-corrected chi connectivity index (χ2v) is 6.25. The molecule has 0 saturated carbocycles. The van der Waals surface area contributed by atoms with Crippen molar-refractivity contribution in [3.8, 4) is 0 Å². The Balaban J connectivity index is 1.84. The van der Waals surface area contributed by atoms with Crippen molar-refractivity contribution < 1.29 is 18.9 Å². The van der Waals surface area contributed by atoms with E-state index in [1.165, 1.54) is 36.5 Å². The summed E-state index contributed by atoms with van der Waals surface area (Å²) in [5.74, 6) is -1.30. The fraction of sp³-hybridized carbons (Fsp3) is 0.211. The van der Waals surface area contributed by atoms with Crippen molar-refractivity contribution in [1.82, 2.24) is 5.43 Å². The first-order valence-electron chi connectivity index (χ1n) is 8.59. The first-order valence-corrected chi connectivity index (χ1v) is 8.59. The Morgan fingerprint density at radius 2 is 1.79 bits per heavy atom. The van der Waals surface area contributed by atoms with Crippen molar-refractivity contribution in [2.45, 2.75) is 12.8 Å². The van der Waals surface area contributed by atoms with E-state index in [1.54, 1.807) is 31.1 Å². The fourth-order valence-electron chi connectivity index (χ4n) is 2.36. The molecule has 0 radical (unpaired) electrons. The maximum absolute atomic E-state index is 12.8. The van der Waals surface area contributed by atoms with Crippen molar-refractivity contribution in [1.29, 1.82) is 0 Å². The zero-order chi connectivity index (χ0) is 21.4. The molecule has 0 bridgehead atoms. The number of hydrazone groups is 1. The minimum absolute atomic E-state index is 0.0808. The Hall–Kier alpha value is -3.82. The summed E-state index contributed by atoms with van der Waals surface area (Å²) < 4.78 is 12.8. The molecule has 0 saturated heterocycles. The summed E-state index contributed by atoms with van der Waals surface area (Å²) in [6.07, 6.45) is 1.09. The molecular weight excluding hydrogens is 381 g/mol. The van der Waals surface area contributed by atoms with Crippen LogP contribution in [0.2, 0.25) is 0 Å². The minimum atomic E-state index is -0.495. The highest BCUT2D eigenvalue weighted by Crippen LogP contribution is 2.27. The van der Waals surface area contributed by atoms with E-state index < -0.39 is 22.6 Å². The molecule has 10 heteroatoms. The lowest BCUT2D eigenvalue weighted by Crippen LogP contribution is -2.20. The number of nitrogens with one attached hydrogen (secondary N) is 2. The molecule has 0 spiro atoms. The number of halogens is 1. The predicted molar refractivity (Wildman–Crippen MR) is 107 cm³/mol. The standard InChI is InChI=1S/C19H20FN5O4/c1-24(2)16-8-3-13(11-17(16)25(28)29)12-21-23-19(27)10-9-18(26)22-15-6-4-14(20)5-7-15/h3-8,11-12H,9-10H2,1-2H3,(H,22,26)(H,23,27). The van der Waals surface area contributed by atoms with Crippen LogP contribution in [0.15, 0.2) is 47.6 Å². The van der Waals surface area contributed by atoms with Gasteiger partial charge in [0.25, 0.3) is 5.69 Å². The Morgan fingerprint density at radius 1 is 1.14 bits per heavy atom. The molecule has 29 heavy (non-hydrogen) atoms. The number of hydrogen-bond donors (Lipinski definition) is 2. The van der Waals surface area contributed by atoms with Crippen LogP contribution in [-0.2, 0) is 9.59 Å². The van der Waals surface area contributed by atoms with Crippen molar-refractivity contribution in [2.24, 2.45) is 5.10 Å². The van der Waals surface area contributed by atoms with E-state index >= 15 is 0 Å². The molecule has 9 nitrogen and oxygen atoms in total. The lowest BCUT2D eigenvalue weighted by molar-refractivity contribution is -0.384. The van der Waals surface area contributed by atoms with E-state index in [0.717, 1.165) is 0 Å². The lowest BCUT2D eigenvalue weighted by Gasteiger charge is -2.12. The molecule has 0 aliphatic carbocycles. The van der Waals surface area contributed by atoms with E-state index in [9.17, 15) is 24.1 Å². The third-order valence-corrected chi connectivity index (χ3v) is 3.79. The number of amides is 2. The maximum atomic E-state index is 12.8. The molecule has 152 valence electrons. The van der Waals surface area contributed by atoms with Gasteiger partial charge in [0.2, 0.25) is 11.8 Å². The molecule has 2 N–H and O–H groups in total. The summed E-state index contributed by atoms with van der Waals surface area (Å²) in [4.78, 5) is 35.9. The summed E-state index contributed by atoms with van der Waals surface area (Å²) in [6, 6.07) is 9.83. The van der Waals surface area contributed by atoms with Gasteiger partial charge in [-0.25, -0.2) is 9.82 Å². The van der Waals surface area contributed by atoms with Gasteiger partial charge in [0.15, 0.2) is 0 Å². The number of hydrogen-bond acceptors (Lipinski definition) is 6. The summed E-state index contributed by atoms with van der Waals surface area (Å²) in [5, 5.41) is 17.5. The van der Waals surface area contributed by atoms with Crippen molar-refractivity contribution in [2.75, 3.05) is 24.3 Å². The molecule has 2 aromatic rings. The van der Waals surface area contributed by atoms with E-state index in [2.05, 4.69) is 15.8 Å². The van der Waals surface area contributed by atoms with Gasteiger partial charge in [-0.05, 0) is 30.3 Å². The van der Waals surface area contributed by atoms with Gasteiger partial charge >= 0.3 is 0 Å². The molecule has 0 heterocycles.